The predicted molar refractivity (Wildman–Crippen MR) is 177 cm³/mol. The Kier molecular flexibility index (Phi) is 13.0. The van der Waals surface area contributed by atoms with Gasteiger partial charge in [0.05, 0.1) is 42.4 Å². The van der Waals surface area contributed by atoms with E-state index in [1.807, 2.05) is 18.2 Å². The summed E-state index contributed by atoms with van der Waals surface area (Å²) >= 11 is 0.801. The molecule has 0 fully saturated rings. The number of carbonyl (C=O) groups is 3. The van der Waals surface area contributed by atoms with Crippen molar-refractivity contribution in [2.75, 3.05) is 54.2 Å². The van der Waals surface area contributed by atoms with Crippen molar-refractivity contribution in [1.29, 1.82) is 5.26 Å². The molecule has 5 rings (SSSR count). The van der Waals surface area contributed by atoms with Crippen LogP contribution < -0.4 is 9.47 Å². The highest BCUT2D eigenvalue weighted by Crippen LogP contribution is 2.47. The molecule has 0 saturated carbocycles. The summed E-state index contributed by atoms with van der Waals surface area (Å²) in [7, 11) is 3.03. The lowest BCUT2D eigenvalue weighted by atomic mass is 10.0. The first-order chi connectivity index (χ1) is 24.5. The third kappa shape index (κ3) is 8.52. The molecule has 13 nitrogen and oxygen atoms in total. The van der Waals surface area contributed by atoms with Crippen molar-refractivity contribution in [3.63, 3.8) is 0 Å². The first-order valence-corrected chi connectivity index (χ1v) is 16.2. The number of esters is 1. The third-order valence-corrected chi connectivity index (χ3v) is 8.35. The van der Waals surface area contributed by atoms with E-state index in [2.05, 4.69) is 0 Å². The number of thiophene rings is 1. The fourth-order valence-corrected chi connectivity index (χ4v) is 5.86. The molecule has 1 aliphatic rings. The summed E-state index contributed by atoms with van der Waals surface area (Å²) in [6.07, 6.45) is -2.72. The predicted octanol–water partition coefficient (Wildman–Crippen LogP) is 5.22. The third-order valence-electron chi connectivity index (χ3n) is 7.25. The molecule has 260 valence electrons. The summed E-state index contributed by atoms with van der Waals surface area (Å²) < 4.78 is 38.9. The van der Waals surface area contributed by atoms with Crippen LogP contribution >= 0.6 is 11.3 Å². The number of hydrogen-bond acceptors (Lipinski definition) is 13. The summed E-state index contributed by atoms with van der Waals surface area (Å²) in [6, 6.07) is 26.3. The van der Waals surface area contributed by atoms with Crippen LogP contribution in [0.1, 0.15) is 53.8 Å². The minimum Gasteiger partial charge on any atom is -0.462 e. The van der Waals surface area contributed by atoms with Crippen LogP contribution in [0.25, 0.3) is 0 Å². The fourth-order valence-electron chi connectivity index (χ4n) is 4.86. The van der Waals surface area contributed by atoms with Gasteiger partial charge in [-0.2, -0.15) is 5.26 Å². The highest BCUT2D eigenvalue weighted by Gasteiger charge is 2.43. The zero-order valence-corrected chi connectivity index (χ0v) is 28.1. The molecule has 0 saturated heterocycles. The van der Waals surface area contributed by atoms with Gasteiger partial charge in [-0.3, -0.25) is 9.59 Å². The average molecular weight is 703 g/mol. The van der Waals surface area contributed by atoms with Crippen LogP contribution in [0.3, 0.4) is 0 Å². The zero-order chi connectivity index (χ0) is 35.3. The van der Waals surface area contributed by atoms with E-state index in [0.29, 0.717) is 22.8 Å². The fraction of sp³-hybridized carbons (Fsp3) is 0.278. The number of nitriles is 1. The molecule has 3 aromatic carbocycles. The highest BCUT2D eigenvalue weighted by atomic mass is 32.1. The van der Waals surface area contributed by atoms with Crippen LogP contribution in [0.2, 0.25) is 0 Å². The number of hydroxylamine groups is 2. The molecule has 2 amide bonds. The largest absolute Gasteiger partial charge is 0.462 e. The Hall–Kier alpha value is -5.14. The van der Waals surface area contributed by atoms with Gasteiger partial charge in [0.15, 0.2) is 36.1 Å². The topological polar surface area (TPSA) is 152 Å². The van der Waals surface area contributed by atoms with Gasteiger partial charge in [-0.05, 0) is 23.3 Å². The van der Waals surface area contributed by atoms with E-state index in [1.165, 1.54) is 26.4 Å². The normalized spacial score (nSPS) is 12.9. The second-order valence-electron chi connectivity index (χ2n) is 10.5. The van der Waals surface area contributed by atoms with Crippen LogP contribution in [0.15, 0.2) is 84.9 Å². The van der Waals surface area contributed by atoms with Crippen LogP contribution in [-0.4, -0.2) is 77.1 Å². The lowest BCUT2D eigenvalue weighted by Crippen LogP contribution is -2.35. The summed E-state index contributed by atoms with van der Waals surface area (Å²) in [5.74, 6) is -2.72. The molecular weight excluding hydrogens is 668 g/mol. The van der Waals surface area contributed by atoms with Crippen LogP contribution in [-0.2, 0) is 33.3 Å². The number of fused-ring (bicyclic) bond motifs is 1. The maximum absolute atomic E-state index is 14.4. The Morgan fingerprint density at radius 2 is 1.24 bits per heavy atom. The molecule has 1 unspecified atom stereocenters. The summed E-state index contributed by atoms with van der Waals surface area (Å²) in [5, 5.41) is 10.6. The van der Waals surface area contributed by atoms with Crippen LogP contribution in [0.4, 0.5) is 0 Å². The number of imide groups is 1. The van der Waals surface area contributed by atoms with Gasteiger partial charge in [-0.15, -0.1) is 16.4 Å². The van der Waals surface area contributed by atoms with Gasteiger partial charge >= 0.3 is 5.97 Å². The number of amides is 2. The van der Waals surface area contributed by atoms with E-state index in [4.69, 9.17) is 38.0 Å². The lowest BCUT2D eigenvalue weighted by Gasteiger charge is -2.25. The van der Waals surface area contributed by atoms with E-state index in [-0.39, 0.29) is 65.8 Å². The number of ether oxygens (including phenoxy) is 7. The molecule has 1 aliphatic heterocycles. The molecule has 14 heteroatoms. The van der Waals surface area contributed by atoms with E-state index in [0.717, 1.165) is 11.3 Å². The van der Waals surface area contributed by atoms with Gasteiger partial charge in [-0.1, -0.05) is 72.8 Å². The summed E-state index contributed by atoms with van der Waals surface area (Å²) in [4.78, 5) is 47.3. The Labute approximate surface area is 292 Å². The Morgan fingerprint density at radius 1 is 0.740 bits per heavy atom. The van der Waals surface area contributed by atoms with Gasteiger partial charge in [-0.25, -0.2) is 9.63 Å². The molecule has 50 heavy (non-hydrogen) atoms. The first-order valence-electron chi connectivity index (χ1n) is 15.4. The quantitative estimate of drug-likeness (QED) is 0.0545. The van der Waals surface area contributed by atoms with Crippen molar-refractivity contribution >= 4 is 29.1 Å². The molecule has 0 radical (unpaired) electrons. The molecular formula is C36H34N2O11S. The maximum atomic E-state index is 14.4. The van der Waals surface area contributed by atoms with E-state index >= 15 is 0 Å². The van der Waals surface area contributed by atoms with Gasteiger partial charge in [0.25, 0.3) is 11.8 Å². The molecule has 0 spiro atoms. The smallest absolute Gasteiger partial charge is 0.344 e. The van der Waals surface area contributed by atoms with Crippen molar-refractivity contribution in [1.82, 2.24) is 5.06 Å². The van der Waals surface area contributed by atoms with Gasteiger partial charge < -0.3 is 33.2 Å². The molecule has 4 aromatic rings. The summed E-state index contributed by atoms with van der Waals surface area (Å²) in [6.45, 7) is 0.302. The SMILES string of the molecule is COCCOCOc1c(C#N)sc(C(ON2C(=O)c3ccccc3C2=O)C(=O)OC(c2ccccc2)c2ccccc2)c1OCOCCOC. The Balaban J connectivity index is 1.56. The lowest BCUT2D eigenvalue weighted by molar-refractivity contribution is -0.184. The number of rotatable bonds is 19. The second kappa shape index (κ2) is 18.0. The van der Waals surface area contributed by atoms with Crippen molar-refractivity contribution < 1.29 is 52.4 Å². The number of methoxy groups -OCH3 is 2. The highest BCUT2D eigenvalue weighted by molar-refractivity contribution is 7.13. The number of benzene rings is 3. The van der Waals surface area contributed by atoms with E-state index in [9.17, 15) is 19.6 Å². The number of carbonyl (C=O) groups excluding carboxylic acids is 3. The molecule has 2 heterocycles. The second-order valence-corrected chi connectivity index (χ2v) is 11.5. The Bertz CT molecular complexity index is 1720. The first kappa shape index (κ1) is 36.1. The van der Waals surface area contributed by atoms with E-state index in [1.54, 1.807) is 60.7 Å². The zero-order valence-electron chi connectivity index (χ0n) is 27.3. The minimum absolute atomic E-state index is 0.00587. The summed E-state index contributed by atoms with van der Waals surface area (Å²) in [5.41, 5.74) is 1.49. The van der Waals surface area contributed by atoms with Crippen molar-refractivity contribution in [2.24, 2.45) is 0 Å². The standard InChI is InChI=1S/C36H34N2O11S/c1-42-17-19-44-22-46-30-28(21-37)50-33(31(30)47-23-45-20-18-43-2)32(49-38-34(39)26-15-9-10-16-27(26)35(38)40)36(41)48-29(24-11-5-3-6-12-24)25-13-7-4-8-14-25/h3-16,29,32H,17-20,22-23H2,1-2H3. The number of hydrogen-bond donors (Lipinski definition) is 0. The Morgan fingerprint density at radius 3 is 1.74 bits per heavy atom. The maximum Gasteiger partial charge on any atom is 0.344 e. The van der Waals surface area contributed by atoms with Crippen molar-refractivity contribution in [3.8, 4) is 17.6 Å². The monoisotopic (exact) mass is 702 g/mol. The molecule has 1 aromatic heterocycles. The van der Waals surface area contributed by atoms with Crippen molar-refractivity contribution in [3.05, 3.63) is 117 Å². The molecule has 1 atom stereocenters. The minimum atomic E-state index is -1.80. The van der Waals surface area contributed by atoms with Crippen molar-refractivity contribution in [2.45, 2.75) is 12.2 Å². The average Bonchev–Trinajstić information content (AvgIpc) is 3.62. The molecule has 0 aliphatic carbocycles. The van der Waals surface area contributed by atoms with Gasteiger partial charge in [0, 0.05) is 14.2 Å². The molecule has 0 bridgehead atoms. The van der Waals surface area contributed by atoms with E-state index < -0.39 is 30.0 Å². The van der Waals surface area contributed by atoms with Crippen LogP contribution in [0.5, 0.6) is 11.5 Å². The van der Waals surface area contributed by atoms with Gasteiger partial charge in [0.1, 0.15) is 6.07 Å². The number of nitrogens with zero attached hydrogens (tertiary/aromatic N) is 2. The molecule has 0 N–H and O–H groups in total. The van der Waals surface area contributed by atoms with Gasteiger partial charge in [0.2, 0.25) is 6.10 Å². The van der Waals surface area contributed by atoms with Crippen LogP contribution in [0, 0.1) is 11.3 Å².